The number of para-hydroxylation sites is 1. The molecule has 1 aliphatic rings. The van der Waals surface area contributed by atoms with Gasteiger partial charge in [-0.15, -0.1) is 0 Å². The summed E-state index contributed by atoms with van der Waals surface area (Å²) in [5.41, 5.74) is 0.0221. The number of amides is 1. The highest BCUT2D eigenvalue weighted by Crippen LogP contribution is 2.39. The van der Waals surface area contributed by atoms with Crippen molar-refractivity contribution in [3.05, 3.63) is 29.8 Å². The fraction of sp³-hybridized carbons (Fsp3) is 0.533. The SMILES string of the molecule is CCCCC1(c2ccccc2O)CNCCN1C(=O)O. The first-order chi connectivity index (χ1) is 9.62. The minimum absolute atomic E-state index is 0.165. The summed E-state index contributed by atoms with van der Waals surface area (Å²) in [4.78, 5) is 13.1. The van der Waals surface area contributed by atoms with Gasteiger partial charge < -0.3 is 15.5 Å². The lowest BCUT2D eigenvalue weighted by Crippen LogP contribution is -2.60. The number of piperazine rings is 1. The highest BCUT2D eigenvalue weighted by molar-refractivity contribution is 5.67. The van der Waals surface area contributed by atoms with Gasteiger partial charge in [-0.05, 0) is 12.5 Å². The molecule has 0 aromatic heterocycles. The second kappa shape index (κ2) is 6.13. The van der Waals surface area contributed by atoms with Crippen LogP contribution >= 0.6 is 0 Å². The summed E-state index contributed by atoms with van der Waals surface area (Å²) in [6.07, 6.45) is 1.69. The van der Waals surface area contributed by atoms with Crippen molar-refractivity contribution in [1.29, 1.82) is 0 Å². The molecule has 5 heteroatoms. The van der Waals surface area contributed by atoms with Crippen LogP contribution in [0.4, 0.5) is 4.79 Å². The van der Waals surface area contributed by atoms with Crippen LogP contribution in [0.5, 0.6) is 5.75 Å². The van der Waals surface area contributed by atoms with Crippen LogP contribution in [-0.2, 0) is 5.54 Å². The van der Waals surface area contributed by atoms with E-state index < -0.39 is 11.6 Å². The molecule has 0 saturated carbocycles. The van der Waals surface area contributed by atoms with Gasteiger partial charge in [0, 0.05) is 25.2 Å². The van der Waals surface area contributed by atoms with E-state index in [1.54, 1.807) is 12.1 Å². The Hall–Kier alpha value is -1.75. The molecule has 1 aliphatic heterocycles. The molecule has 1 aromatic carbocycles. The van der Waals surface area contributed by atoms with E-state index in [4.69, 9.17) is 0 Å². The first-order valence-corrected chi connectivity index (χ1v) is 7.11. The van der Waals surface area contributed by atoms with Gasteiger partial charge in [0.05, 0.1) is 5.54 Å². The van der Waals surface area contributed by atoms with Crippen LogP contribution in [0, 0.1) is 0 Å². The Balaban J connectivity index is 2.48. The maximum atomic E-state index is 11.6. The fourth-order valence-corrected chi connectivity index (χ4v) is 3.01. The monoisotopic (exact) mass is 278 g/mol. The minimum Gasteiger partial charge on any atom is -0.508 e. The van der Waals surface area contributed by atoms with Crippen molar-refractivity contribution < 1.29 is 15.0 Å². The lowest BCUT2D eigenvalue weighted by atomic mass is 9.81. The average Bonchev–Trinajstić information content (AvgIpc) is 2.45. The molecule has 1 aromatic rings. The van der Waals surface area contributed by atoms with Gasteiger partial charge in [0.25, 0.3) is 0 Å². The molecule has 0 bridgehead atoms. The van der Waals surface area contributed by atoms with Gasteiger partial charge in [0.1, 0.15) is 5.75 Å². The van der Waals surface area contributed by atoms with Crippen LogP contribution in [0.15, 0.2) is 24.3 Å². The van der Waals surface area contributed by atoms with Crippen LogP contribution < -0.4 is 5.32 Å². The van der Waals surface area contributed by atoms with E-state index in [0.29, 0.717) is 31.6 Å². The molecule has 1 amide bonds. The number of carboxylic acid groups (broad SMARTS) is 1. The van der Waals surface area contributed by atoms with Gasteiger partial charge in [-0.2, -0.15) is 0 Å². The fourth-order valence-electron chi connectivity index (χ4n) is 3.01. The van der Waals surface area contributed by atoms with Crippen molar-refractivity contribution in [2.24, 2.45) is 0 Å². The van der Waals surface area contributed by atoms with E-state index in [2.05, 4.69) is 12.2 Å². The van der Waals surface area contributed by atoms with Crippen molar-refractivity contribution >= 4 is 6.09 Å². The second-order valence-electron chi connectivity index (χ2n) is 5.26. The number of phenols is 1. The van der Waals surface area contributed by atoms with Gasteiger partial charge in [0.2, 0.25) is 0 Å². The highest BCUT2D eigenvalue weighted by atomic mass is 16.4. The third-order valence-electron chi connectivity index (χ3n) is 4.03. The Labute approximate surface area is 119 Å². The molecule has 1 fully saturated rings. The molecule has 0 radical (unpaired) electrons. The van der Waals surface area contributed by atoms with E-state index in [1.807, 2.05) is 12.1 Å². The maximum Gasteiger partial charge on any atom is 0.408 e. The largest absolute Gasteiger partial charge is 0.508 e. The topological polar surface area (TPSA) is 72.8 Å². The lowest BCUT2D eigenvalue weighted by Gasteiger charge is -2.46. The third kappa shape index (κ3) is 2.58. The van der Waals surface area contributed by atoms with Crippen molar-refractivity contribution in [3.8, 4) is 5.75 Å². The van der Waals surface area contributed by atoms with Gasteiger partial charge in [-0.1, -0.05) is 38.0 Å². The molecule has 0 aliphatic carbocycles. The van der Waals surface area contributed by atoms with E-state index in [-0.39, 0.29) is 5.75 Å². The third-order valence-corrected chi connectivity index (χ3v) is 4.03. The molecule has 2 rings (SSSR count). The zero-order chi connectivity index (χ0) is 14.6. The molecule has 1 atom stereocenters. The van der Waals surface area contributed by atoms with Crippen LogP contribution in [0.25, 0.3) is 0 Å². The highest BCUT2D eigenvalue weighted by Gasteiger charge is 2.44. The van der Waals surface area contributed by atoms with Crippen molar-refractivity contribution in [2.45, 2.75) is 31.7 Å². The predicted octanol–water partition coefficient (Wildman–Crippen LogP) is 2.36. The molecule has 1 heterocycles. The smallest absolute Gasteiger partial charge is 0.408 e. The number of unbranched alkanes of at least 4 members (excludes halogenated alkanes) is 1. The van der Waals surface area contributed by atoms with Crippen molar-refractivity contribution in [3.63, 3.8) is 0 Å². The second-order valence-corrected chi connectivity index (χ2v) is 5.26. The molecular weight excluding hydrogens is 256 g/mol. The molecular formula is C15H22N2O3. The minimum atomic E-state index is -0.925. The Morgan fingerprint density at radius 1 is 1.45 bits per heavy atom. The predicted molar refractivity (Wildman–Crippen MR) is 76.9 cm³/mol. The number of hydrogen-bond acceptors (Lipinski definition) is 3. The van der Waals surface area contributed by atoms with Crippen molar-refractivity contribution in [2.75, 3.05) is 19.6 Å². The van der Waals surface area contributed by atoms with Crippen LogP contribution in [0.1, 0.15) is 31.7 Å². The number of phenolic OH excluding ortho intramolecular Hbond substituents is 1. The maximum absolute atomic E-state index is 11.6. The molecule has 20 heavy (non-hydrogen) atoms. The van der Waals surface area contributed by atoms with Crippen LogP contribution in [-0.4, -0.2) is 40.8 Å². The number of nitrogens with one attached hydrogen (secondary N) is 1. The zero-order valence-corrected chi connectivity index (χ0v) is 11.8. The van der Waals surface area contributed by atoms with Gasteiger partial charge in [-0.25, -0.2) is 4.79 Å². The summed E-state index contributed by atoms with van der Waals surface area (Å²) in [6, 6.07) is 7.05. The number of nitrogens with zero attached hydrogens (tertiary/aromatic N) is 1. The first-order valence-electron chi connectivity index (χ1n) is 7.11. The Morgan fingerprint density at radius 3 is 2.85 bits per heavy atom. The molecule has 1 unspecified atom stereocenters. The molecule has 5 nitrogen and oxygen atoms in total. The van der Waals surface area contributed by atoms with Gasteiger partial charge in [-0.3, -0.25) is 4.90 Å². The summed E-state index contributed by atoms with van der Waals surface area (Å²) in [5, 5.41) is 23.0. The number of benzene rings is 1. The number of aromatic hydroxyl groups is 1. The van der Waals surface area contributed by atoms with Gasteiger partial charge >= 0.3 is 6.09 Å². The summed E-state index contributed by atoms with van der Waals surface area (Å²) < 4.78 is 0. The average molecular weight is 278 g/mol. The standard InChI is InChI=1S/C15H22N2O3/c1-2-3-8-15(12-6-4-5-7-13(12)18)11-16-9-10-17(15)14(19)20/h4-7,16,18H,2-3,8-11H2,1H3,(H,19,20). The number of carbonyl (C=O) groups is 1. The normalized spacial score (nSPS) is 22.8. The Bertz CT molecular complexity index is 478. The summed E-state index contributed by atoms with van der Waals surface area (Å²) in [7, 11) is 0. The van der Waals surface area contributed by atoms with E-state index >= 15 is 0 Å². The molecule has 110 valence electrons. The van der Waals surface area contributed by atoms with Gasteiger partial charge in [0.15, 0.2) is 0 Å². The van der Waals surface area contributed by atoms with E-state index in [1.165, 1.54) is 4.90 Å². The number of hydrogen-bond donors (Lipinski definition) is 3. The quantitative estimate of drug-likeness (QED) is 0.790. The van der Waals surface area contributed by atoms with Crippen molar-refractivity contribution in [1.82, 2.24) is 10.2 Å². The van der Waals surface area contributed by atoms with Crippen LogP contribution in [0.2, 0.25) is 0 Å². The van der Waals surface area contributed by atoms with E-state index in [0.717, 1.165) is 12.8 Å². The Kier molecular flexibility index (Phi) is 4.49. The van der Waals surface area contributed by atoms with E-state index in [9.17, 15) is 15.0 Å². The van der Waals surface area contributed by atoms with Crippen LogP contribution in [0.3, 0.4) is 0 Å². The number of rotatable bonds is 4. The molecule has 0 spiro atoms. The summed E-state index contributed by atoms with van der Waals surface area (Å²) in [6.45, 7) is 3.71. The molecule has 1 saturated heterocycles. The molecule has 3 N–H and O–H groups in total. The zero-order valence-electron chi connectivity index (χ0n) is 11.8. The summed E-state index contributed by atoms with van der Waals surface area (Å²) in [5.74, 6) is 0.165. The Morgan fingerprint density at radius 2 is 2.20 bits per heavy atom. The summed E-state index contributed by atoms with van der Waals surface area (Å²) >= 11 is 0. The lowest BCUT2D eigenvalue weighted by molar-refractivity contribution is 0.0458. The first kappa shape index (κ1) is 14.7.